The van der Waals surface area contributed by atoms with Gasteiger partial charge in [-0.1, -0.05) is 19.9 Å². The van der Waals surface area contributed by atoms with Crippen LogP contribution in [-0.2, 0) is 0 Å². The Morgan fingerprint density at radius 2 is 2.05 bits per heavy atom. The molecule has 4 nitrogen and oxygen atoms in total. The third-order valence-electron chi connectivity index (χ3n) is 2.81. The van der Waals surface area contributed by atoms with E-state index in [0.717, 1.165) is 10.6 Å². The van der Waals surface area contributed by atoms with Crippen LogP contribution >= 0.6 is 11.3 Å². The highest BCUT2D eigenvalue weighted by atomic mass is 32.1. The summed E-state index contributed by atoms with van der Waals surface area (Å²) < 4.78 is 0. The Kier molecular flexibility index (Phi) is 4.27. The summed E-state index contributed by atoms with van der Waals surface area (Å²) in [7, 11) is 0. The maximum Gasteiger partial charge on any atom is 0.271 e. The minimum Gasteiger partial charge on any atom is -0.343 e. The highest BCUT2D eigenvalue weighted by Gasteiger charge is 2.19. The first-order chi connectivity index (χ1) is 9.09. The molecule has 19 heavy (non-hydrogen) atoms. The average molecular weight is 275 g/mol. The molecule has 2 rings (SSSR count). The third kappa shape index (κ3) is 3.17. The summed E-state index contributed by atoms with van der Waals surface area (Å²) in [5.74, 6) is 0.168. The van der Waals surface area contributed by atoms with Crippen molar-refractivity contribution >= 4 is 17.2 Å². The lowest BCUT2D eigenvalue weighted by atomic mass is 10.1. The zero-order valence-electron chi connectivity index (χ0n) is 11.3. The highest BCUT2D eigenvalue weighted by Crippen LogP contribution is 2.23. The maximum atomic E-state index is 12.2. The van der Waals surface area contributed by atoms with Crippen molar-refractivity contribution in [1.29, 1.82) is 0 Å². The molecule has 2 aromatic heterocycles. The maximum absolute atomic E-state index is 12.2. The zero-order valence-corrected chi connectivity index (χ0v) is 12.1. The molecular formula is C14H17N3OS. The summed E-state index contributed by atoms with van der Waals surface area (Å²) >= 11 is 1.52. The molecule has 5 heteroatoms. The molecule has 0 fully saturated rings. The molecule has 2 heterocycles. The fourth-order valence-electron chi connectivity index (χ4n) is 1.81. The van der Waals surface area contributed by atoms with Crippen LogP contribution in [0.5, 0.6) is 0 Å². The molecule has 1 unspecified atom stereocenters. The molecule has 0 radical (unpaired) electrons. The van der Waals surface area contributed by atoms with Gasteiger partial charge in [0.2, 0.25) is 0 Å². The minimum atomic E-state index is -0.136. The summed E-state index contributed by atoms with van der Waals surface area (Å²) in [6.07, 6.45) is 1.72. The number of hydrogen-bond donors (Lipinski definition) is 1. The lowest BCUT2D eigenvalue weighted by Crippen LogP contribution is -2.28. The Morgan fingerprint density at radius 1 is 1.26 bits per heavy atom. The summed E-state index contributed by atoms with van der Waals surface area (Å²) in [5, 5.41) is 2.94. The predicted octanol–water partition coefficient (Wildman–Crippen LogP) is 3.15. The van der Waals surface area contributed by atoms with Gasteiger partial charge in [-0.15, -0.1) is 11.3 Å². The lowest BCUT2D eigenvalue weighted by molar-refractivity contribution is 0.0933. The zero-order chi connectivity index (χ0) is 13.8. The van der Waals surface area contributed by atoms with Crippen molar-refractivity contribution < 1.29 is 4.79 Å². The van der Waals surface area contributed by atoms with Gasteiger partial charge >= 0.3 is 0 Å². The van der Waals surface area contributed by atoms with Gasteiger partial charge in [0, 0.05) is 11.1 Å². The standard InChI is InChI=1S/C14H17N3OS/c1-9(2)13-12(16-8-19-13)14(18)17-10(3)11-6-4-5-7-15-11/h4-10H,1-3H3,(H,17,18). The van der Waals surface area contributed by atoms with Crippen LogP contribution in [0.1, 0.15) is 53.8 Å². The molecule has 0 aliphatic heterocycles. The van der Waals surface area contributed by atoms with Crippen molar-refractivity contribution in [3.63, 3.8) is 0 Å². The number of carbonyl (C=O) groups is 1. The number of nitrogens with one attached hydrogen (secondary N) is 1. The van der Waals surface area contributed by atoms with Crippen LogP contribution in [0.4, 0.5) is 0 Å². The number of hydrogen-bond acceptors (Lipinski definition) is 4. The van der Waals surface area contributed by atoms with E-state index >= 15 is 0 Å². The van der Waals surface area contributed by atoms with Crippen LogP contribution in [0, 0.1) is 0 Å². The summed E-state index contributed by atoms with van der Waals surface area (Å²) in [5.41, 5.74) is 3.09. The molecule has 0 saturated heterocycles. The minimum absolute atomic E-state index is 0.129. The van der Waals surface area contributed by atoms with Gasteiger partial charge in [0.25, 0.3) is 5.91 Å². The number of aromatic nitrogens is 2. The smallest absolute Gasteiger partial charge is 0.271 e. The Balaban J connectivity index is 2.11. The van der Waals surface area contributed by atoms with Crippen LogP contribution in [0.15, 0.2) is 29.9 Å². The SMILES string of the molecule is CC(C)c1scnc1C(=O)NC(C)c1ccccn1. The van der Waals surface area contributed by atoms with Gasteiger partial charge in [0.05, 0.1) is 17.2 Å². The van der Waals surface area contributed by atoms with Gasteiger partial charge in [0.15, 0.2) is 0 Å². The van der Waals surface area contributed by atoms with E-state index in [0.29, 0.717) is 11.6 Å². The predicted molar refractivity (Wildman–Crippen MR) is 76.3 cm³/mol. The van der Waals surface area contributed by atoms with Gasteiger partial charge in [-0.3, -0.25) is 9.78 Å². The van der Waals surface area contributed by atoms with E-state index in [1.54, 1.807) is 11.7 Å². The molecule has 1 atom stereocenters. The van der Waals surface area contributed by atoms with Crippen molar-refractivity contribution in [2.24, 2.45) is 0 Å². The molecule has 0 saturated carbocycles. The van der Waals surface area contributed by atoms with E-state index < -0.39 is 0 Å². The average Bonchev–Trinajstić information content (AvgIpc) is 2.89. The van der Waals surface area contributed by atoms with E-state index in [9.17, 15) is 4.79 Å². The van der Waals surface area contributed by atoms with Crippen molar-refractivity contribution in [1.82, 2.24) is 15.3 Å². The Labute approximate surface area is 116 Å². The third-order valence-corrected chi connectivity index (χ3v) is 3.94. The van der Waals surface area contributed by atoms with E-state index in [4.69, 9.17) is 0 Å². The second-order valence-corrected chi connectivity index (χ2v) is 5.56. The number of rotatable bonds is 4. The summed E-state index contributed by atoms with van der Waals surface area (Å²) in [6.45, 7) is 6.04. The van der Waals surface area contributed by atoms with Gasteiger partial charge in [-0.05, 0) is 25.0 Å². The van der Waals surface area contributed by atoms with Crippen molar-refractivity contribution in [3.05, 3.63) is 46.2 Å². The largest absolute Gasteiger partial charge is 0.343 e. The van der Waals surface area contributed by atoms with Crippen LogP contribution in [-0.4, -0.2) is 15.9 Å². The Hall–Kier alpha value is -1.75. The van der Waals surface area contributed by atoms with Crippen molar-refractivity contribution in [2.75, 3.05) is 0 Å². The quantitative estimate of drug-likeness (QED) is 0.932. The molecular weight excluding hydrogens is 258 g/mol. The topological polar surface area (TPSA) is 54.9 Å². The van der Waals surface area contributed by atoms with Gasteiger partial charge in [-0.2, -0.15) is 0 Å². The summed E-state index contributed by atoms with van der Waals surface area (Å²) in [6, 6.07) is 5.54. The first-order valence-corrected chi connectivity index (χ1v) is 7.12. The van der Waals surface area contributed by atoms with E-state index in [-0.39, 0.29) is 11.9 Å². The number of pyridine rings is 1. The fraction of sp³-hybridized carbons (Fsp3) is 0.357. The highest BCUT2D eigenvalue weighted by molar-refractivity contribution is 7.10. The second-order valence-electron chi connectivity index (χ2n) is 4.67. The van der Waals surface area contributed by atoms with Crippen LogP contribution in [0.3, 0.4) is 0 Å². The Bertz CT molecular complexity index is 551. The molecule has 2 aromatic rings. The van der Waals surface area contributed by atoms with Gasteiger partial charge < -0.3 is 5.32 Å². The van der Waals surface area contributed by atoms with E-state index in [2.05, 4.69) is 29.1 Å². The molecule has 100 valence electrons. The first kappa shape index (κ1) is 13.7. The molecule has 1 amide bonds. The van der Waals surface area contributed by atoms with Crippen molar-refractivity contribution in [3.8, 4) is 0 Å². The van der Waals surface area contributed by atoms with Crippen LogP contribution in [0.2, 0.25) is 0 Å². The number of amides is 1. The van der Waals surface area contributed by atoms with Gasteiger partial charge in [-0.25, -0.2) is 4.98 Å². The molecule has 0 aliphatic carbocycles. The van der Waals surface area contributed by atoms with Gasteiger partial charge in [0.1, 0.15) is 5.69 Å². The van der Waals surface area contributed by atoms with E-state index in [1.165, 1.54) is 11.3 Å². The first-order valence-electron chi connectivity index (χ1n) is 6.24. The Morgan fingerprint density at radius 3 is 2.68 bits per heavy atom. The molecule has 0 spiro atoms. The molecule has 0 aliphatic rings. The van der Waals surface area contributed by atoms with E-state index in [1.807, 2.05) is 25.1 Å². The monoisotopic (exact) mass is 275 g/mol. The lowest BCUT2D eigenvalue weighted by Gasteiger charge is -2.13. The van der Waals surface area contributed by atoms with Crippen molar-refractivity contribution in [2.45, 2.75) is 32.7 Å². The molecule has 0 bridgehead atoms. The van der Waals surface area contributed by atoms with Crippen LogP contribution < -0.4 is 5.32 Å². The molecule has 1 N–H and O–H groups in total. The van der Waals surface area contributed by atoms with Crippen LogP contribution in [0.25, 0.3) is 0 Å². The second kappa shape index (κ2) is 5.93. The molecule has 0 aromatic carbocycles. The number of thiazole rings is 1. The summed E-state index contributed by atoms with van der Waals surface area (Å²) in [4.78, 5) is 21.6. The number of nitrogens with zero attached hydrogens (tertiary/aromatic N) is 2. The fourth-order valence-corrected chi connectivity index (χ4v) is 2.61. The number of carbonyl (C=O) groups excluding carboxylic acids is 1. The normalized spacial score (nSPS) is 12.4.